The zero-order chi connectivity index (χ0) is 26.5. The molecule has 0 saturated carbocycles. The number of halogens is 2. The van der Waals surface area contributed by atoms with Crippen molar-refractivity contribution >= 4 is 38.8 Å². The molecule has 0 spiro atoms. The molecule has 38 heavy (non-hydrogen) atoms. The fourth-order valence-electron chi connectivity index (χ4n) is 5.42. The number of carbonyl (C=O) groups excluding carboxylic acids is 1. The number of anilines is 1. The van der Waals surface area contributed by atoms with Crippen LogP contribution < -0.4 is 4.90 Å². The minimum atomic E-state index is -3.92. The van der Waals surface area contributed by atoms with Crippen LogP contribution in [0.4, 0.5) is 10.2 Å². The Hall–Kier alpha value is -3.12. The second-order valence-electron chi connectivity index (χ2n) is 9.69. The van der Waals surface area contributed by atoms with Crippen molar-refractivity contribution in [1.82, 2.24) is 19.1 Å². The maximum Gasteiger partial charge on any atom is 0.244 e. The molecule has 1 aliphatic carbocycles. The van der Waals surface area contributed by atoms with Crippen molar-refractivity contribution in [2.75, 3.05) is 44.3 Å². The van der Waals surface area contributed by atoms with Crippen LogP contribution in [0.25, 0.3) is 11.8 Å². The van der Waals surface area contributed by atoms with Crippen LogP contribution >= 0.6 is 11.6 Å². The lowest BCUT2D eigenvalue weighted by Gasteiger charge is -2.43. The molecule has 0 bridgehead atoms. The van der Waals surface area contributed by atoms with Crippen molar-refractivity contribution in [1.29, 1.82) is 0 Å². The summed E-state index contributed by atoms with van der Waals surface area (Å²) in [6.45, 7) is 2.72. The van der Waals surface area contributed by atoms with Crippen LogP contribution in [0.5, 0.6) is 0 Å². The highest BCUT2D eigenvalue weighted by Crippen LogP contribution is 2.46. The van der Waals surface area contributed by atoms with Crippen LogP contribution in [0.3, 0.4) is 0 Å². The number of piperidine rings is 1. The monoisotopic (exact) mass is 557 g/mol. The molecule has 3 aromatic rings. The zero-order valence-corrected chi connectivity index (χ0v) is 22.0. The molecule has 2 aromatic heterocycles. The van der Waals surface area contributed by atoms with E-state index in [9.17, 15) is 17.6 Å². The maximum absolute atomic E-state index is 13.6. The topological polar surface area (TPSA) is 97.6 Å². The van der Waals surface area contributed by atoms with Gasteiger partial charge in [0.2, 0.25) is 15.3 Å². The van der Waals surface area contributed by atoms with Gasteiger partial charge in [-0.2, -0.15) is 9.40 Å². The van der Waals surface area contributed by atoms with E-state index in [1.54, 1.807) is 35.1 Å². The van der Waals surface area contributed by atoms with E-state index in [4.69, 9.17) is 16.3 Å². The van der Waals surface area contributed by atoms with Crippen molar-refractivity contribution in [2.45, 2.75) is 17.7 Å². The third kappa shape index (κ3) is 4.23. The minimum absolute atomic E-state index is 0.0692. The first-order valence-electron chi connectivity index (χ1n) is 12.3. The predicted octanol–water partition coefficient (Wildman–Crippen LogP) is 3.03. The van der Waals surface area contributed by atoms with Gasteiger partial charge in [0, 0.05) is 32.4 Å². The van der Waals surface area contributed by atoms with Gasteiger partial charge in [-0.25, -0.2) is 22.5 Å². The van der Waals surface area contributed by atoms with E-state index in [-0.39, 0.29) is 30.2 Å². The molecule has 0 unspecified atom stereocenters. The second-order valence-corrected chi connectivity index (χ2v) is 12.0. The number of morpholine rings is 1. The van der Waals surface area contributed by atoms with Crippen LogP contribution in [-0.4, -0.2) is 72.1 Å². The van der Waals surface area contributed by atoms with Gasteiger partial charge in [0.25, 0.3) is 0 Å². The van der Waals surface area contributed by atoms with Crippen molar-refractivity contribution in [3.63, 3.8) is 0 Å². The molecule has 9 nitrogen and oxygen atoms in total. The van der Waals surface area contributed by atoms with Gasteiger partial charge in [-0.15, -0.1) is 0 Å². The molecule has 12 heteroatoms. The van der Waals surface area contributed by atoms with Gasteiger partial charge >= 0.3 is 0 Å². The van der Waals surface area contributed by atoms with Gasteiger partial charge in [0.15, 0.2) is 0 Å². The van der Waals surface area contributed by atoms with Gasteiger partial charge in [0.05, 0.1) is 36.2 Å². The number of pyridine rings is 1. The SMILES string of the molecule is O=C(Cl)[C@]12Cc3cnn(-c4ccc(F)cc4)c3C=C1CCN(S(=O)(=O)c1ccc(N3CCOCC3)nc1)C2. The molecule has 4 heterocycles. The van der Waals surface area contributed by atoms with Crippen molar-refractivity contribution in [3.8, 4) is 5.69 Å². The molecule has 2 saturated heterocycles. The average Bonchev–Trinajstić information content (AvgIpc) is 3.34. The van der Waals surface area contributed by atoms with E-state index in [1.165, 1.54) is 22.6 Å². The highest BCUT2D eigenvalue weighted by atomic mass is 35.5. The lowest BCUT2D eigenvalue weighted by Crippen LogP contribution is -2.52. The van der Waals surface area contributed by atoms with Crippen LogP contribution in [0.2, 0.25) is 0 Å². The van der Waals surface area contributed by atoms with Crippen molar-refractivity contribution < 1.29 is 22.3 Å². The lowest BCUT2D eigenvalue weighted by atomic mass is 9.69. The Morgan fingerprint density at radius 1 is 1.05 bits per heavy atom. The fourth-order valence-corrected chi connectivity index (χ4v) is 7.12. The Morgan fingerprint density at radius 2 is 1.82 bits per heavy atom. The minimum Gasteiger partial charge on any atom is -0.378 e. The molecule has 2 aliphatic heterocycles. The Labute approximate surface area is 224 Å². The fraction of sp³-hybridized carbons (Fsp3) is 0.346. The number of ether oxygens (including phenoxy) is 1. The summed E-state index contributed by atoms with van der Waals surface area (Å²) in [7, 11) is -3.92. The average molecular weight is 558 g/mol. The number of hydrogen-bond acceptors (Lipinski definition) is 7. The van der Waals surface area contributed by atoms with E-state index in [0.717, 1.165) is 16.8 Å². The molecule has 6 rings (SSSR count). The van der Waals surface area contributed by atoms with Crippen LogP contribution in [-0.2, 0) is 26.0 Å². The summed E-state index contributed by atoms with van der Waals surface area (Å²) in [5, 5.41) is 3.84. The van der Waals surface area contributed by atoms with Gasteiger partial charge < -0.3 is 9.64 Å². The molecular formula is C26H25ClFN5O4S. The summed E-state index contributed by atoms with van der Waals surface area (Å²) in [6.07, 6.45) is 5.45. The molecule has 198 valence electrons. The summed E-state index contributed by atoms with van der Waals surface area (Å²) in [4.78, 5) is 19.4. The van der Waals surface area contributed by atoms with E-state index in [2.05, 4.69) is 10.1 Å². The lowest BCUT2D eigenvalue weighted by molar-refractivity contribution is -0.119. The smallest absolute Gasteiger partial charge is 0.244 e. The number of carbonyl (C=O) groups is 1. The first-order valence-corrected chi connectivity index (χ1v) is 14.1. The molecule has 3 aliphatic rings. The van der Waals surface area contributed by atoms with Gasteiger partial charge in [-0.1, -0.05) is 5.57 Å². The highest BCUT2D eigenvalue weighted by molar-refractivity contribution is 7.89. The summed E-state index contributed by atoms with van der Waals surface area (Å²) < 4.78 is 49.0. The normalized spacial score (nSPS) is 21.9. The summed E-state index contributed by atoms with van der Waals surface area (Å²) in [5.74, 6) is 0.348. The molecule has 1 atom stereocenters. The zero-order valence-electron chi connectivity index (χ0n) is 20.4. The first kappa shape index (κ1) is 25.2. The Bertz CT molecular complexity index is 1520. The quantitative estimate of drug-likeness (QED) is 0.445. The third-order valence-electron chi connectivity index (χ3n) is 7.52. The van der Waals surface area contributed by atoms with Crippen molar-refractivity contribution in [3.05, 3.63) is 71.4 Å². The van der Waals surface area contributed by atoms with Crippen LogP contribution in [0, 0.1) is 11.2 Å². The van der Waals surface area contributed by atoms with Crippen LogP contribution in [0.1, 0.15) is 17.7 Å². The first-order chi connectivity index (χ1) is 18.3. The number of fused-ring (bicyclic) bond motifs is 2. The number of benzene rings is 1. The Balaban J connectivity index is 1.29. The van der Waals surface area contributed by atoms with E-state index in [0.29, 0.717) is 44.2 Å². The van der Waals surface area contributed by atoms with Gasteiger partial charge in [-0.3, -0.25) is 4.79 Å². The maximum atomic E-state index is 13.6. The summed E-state index contributed by atoms with van der Waals surface area (Å²) in [6, 6.07) is 9.23. The summed E-state index contributed by atoms with van der Waals surface area (Å²) in [5.41, 5.74) is 1.79. The molecular weight excluding hydrogens is 533 g/mol. The standard InChI is InChI=1S/C26H25ClFN5O4S/c27-25(34)26-14-18-15-30-33(21-3-1-20(28)2-4-21)23(18)13-19(26)7-8-32(17-26)38(35,36)22-5-6-24(29-16-22)31-9-11-37-12-10-31/h1-6,13,15-16H,7-12,14,17H2/t26-/m0/s1. The predicted molar refractivity (Wildman–Crippen MR) is 139 cm³/mol. The molecule has 0 N–H and O–H groups in total. The van der Waals surface area contributed by atoms with Gasteiger partial charge in [0.1, 0.15) is 16.5 Å². The number of sulfonamides is 1. The van der Waals surface area contributed by atoms with Gasteiger partial charge in [-0.05, 0) is 72.5 Å². The Kier molecular flexibility index (Phi) is 6.34. The molecule has 2 fully saturated rings. The van der Waals surface area contributed by atoms with E-state index in [1.807, 2.05) is 11.0 Å². The van der Waals surface area contributed by atoms with Crippen molar-refractivity contribution in [2.24, 2.45) is 5.41 Å². The second kappa shape index (κ2) is 9.57. The summed E-state index contributed by atoms with van der Waals surface area (Å²) >= 11 is 6.20. The molecule has 0 radical (unpaired) electrons. The van der Waals surface area contributed by atoms with E-state index < -0.39 is 20.7 Å². The number of hydrogen-bond donors (Lipinski definition) is 0. The number of aromatic nitrogens is 3. The largest absolute Gasteiger partial charge is 0.378 e. The Morgan fingerprint density at radius 3 is 2.50 bits per heavy atom. The number of rotatable bonds is 5. The van der Waals surface area contributed by atoms with E-state index >= 15 is 0 Å². The third-order valence-corrected chi connectivity index (χ3v) is 9.71. The van der Waals surface area contributed by atoms with Crippen LogP contribution in [0.15, 0.2) is 59.3 Å². The molecule has 0 amide bonds. The highest BCUT2D eigenvalue weighted by Gasteiger charge is 2.50. The number of nitrogens with zero attached hydrogens (tertiary/aromatic N) is 5. The molecule has 1 aromatic carbocycles.